The van der Waals surface area contributed by atoms with Gasteiger partial charge in [0, 0.05) is 33.1 Å². The van der Waals surface area contributed by atoms with E-state index in [1.165, 1.54) is 55.1 Å². The van der Waals surface area contributed by atoms with Gasteiger partial charge in [-0.1, -0.05) is 160 Å². The van der Waals surface area contributed by atoms with Crippen molar-refractivity contribution in [1.82, 2.24) is 9.13 Å². The van der Waals surface area contributed by atoms with Crippen LogP contribution in [0.1, 0.15) is 49.6 Å². The third-order valence-electron chi connectivity index (χ3n) is 11.1. The lowest BCUT2D eigenvalue weighted by atomic mass is 9.98. The van der Waals surface area contributed by atoms with Crippen molar-refractivity contribution in [3.05, 3.63) is 235 Å². The first-order valence-electron chi connectivity index (χ1n) is 20.6. The van der Waals surface area contributed by atoms with E-state index in [-0.39, 0.29) is 0 Å². The molecule has 59 heavy (non-hydrogen) atoms. The van der Waals surface area contributed by atoms with Gasteiger partial charge in [0.2, 0.25) is 0 Å². The Bertz CT molecular complexity index is 2960. The molecule has 0 N–H and O–H groups in total. The third-order valence-corrected chi connectivity index (χ3v) is 11.1. The quantitative estimate of drug-likeness (QED) is 0.104. The minimum atomic E-state index is 0.795. The van der Waals surface area contributed by atoms with Crippen LogP contribution in [0.5, 0.6) is 0 Å². The molecule has 0 aliphatic rings. The van der Waals surface area contributed by atoms with Crippen LogP contribution in [0.4, 0.5) is 0 Å². The van der Waals surface area contributed by atoms with E-state index in [1.807, 2.05) is 12.2 Å². The monoisotopic (exact) mass is 762 g/mol. The average molecular weight is 763 g/mol. The average Bonchev–Trinajstić information content (AvgIpc) is 3.78. The maximum absolute atomic E-state index is 4.22. The fourth-order valence-electron chi connectivity index (χ4n) is 8.28. The molecular formula is C57H50N2. The van der Waals surface area contributed by atoms with Crippen LogP contribution < -0.4 is 0 Å². The minimum Gasteiger partial charge on any atom is -0.310 e. The van der Waals surface area contributed by atoms with Gasteiger partial charge in [-0.05, 0) is 126 Å². The number of rotatable bonds is 13. The molecule has 0 aliphatic heterocycles. The van der Waals surface area contributed by atoms with Crippen molar-refractivity contribution in [2.24, 2.45) is 0 Å². The molecule has 288 valence electrons. The molecule has 0 saturated heterocycles. The van der Waals surface area contributed by atoms with E-state index in [9.17, 15) is 0 Å². The summed E-state index contributed by atoms with van der Waals surface area (Å²) in [6.45, 7) is 14.9. The molecule has 0 amide bonds. The molecule has 0 unspecified atom stereocenters. The maximum Gasteiger partial charge on any atom is 0.0541 e. The van der Waals surface area contributed by atoms with Gasteiger partial charge in [0.25, 0.3) is 0 Å². The van der Waals surface area contributed by atoms with E-state index in [2.05, 4.69) is 231 Å². The number of benzene rings is 6. The molecule has 0 fully saturated rings. The van der Waals surface area contributed by atoms with Crippen LogP contribution in [0.2, 0.25) is 0 Å². The van der Waals surface area contributed by atoms with E-state index in [0.29, 0.717) is 0 Å². The van der Waals surface area contributed by atoms with Crippen LogP contribution in [0, 0.1) is 0 Å². The summed E-state index contributed by atoms with van der Waals surface area (Å²) in [6, 6.07) is 54.6. The molecule has 2 heteroatoms. The van der Waals surface area contributed by atoms with Crippen molar-refractivity contribution in [3.8, 4) is 16.8 Å². The number of aromatic nitrogens is 2. The summed E-state index contributed by atoms with van der Waals surface area (Å²) in [4.78, 5) is 0. The summed E-state index contributed by atoms with van der Waals surface area (Å²) in [5.74, 6) is 0. The molecule has 0 radical (unpaired) electrons. The van der Waals surface area contributed by atoms with Gasteiger partial charge < -0.3 is 9.13 Å². The van der Waals surface area contributed by atoms with Gasteiger partial charge in [0.15, 0.2) is 0 Å². The Balaban J connectivity index is 1.32. The zero-order valence-electron chi connectivity index (χ0n) is 34.3. The number of para-hydroxylation sites is 2. The Hall–Kier alpha value is -7.16. The Morgan fingerprint density at radius 3 is 1.98 bits per heavy atom. The van der Waals surface area contributed by atoms with Crippen molar-refractivity contribution < 1.29 is 0 Å². The Morgan fingerprint density at radius 2 is 1.27 bits per heavy atom. The van der Waals surface area contributed by atoms with Crippen molar-refractivity contribution in [3.63, 3.8) is 0 Å². The molecule has 6 aromatic carbocycles. The Labute approximate surface area is 349 Å². The highest BCUT2D eigenvalue weighted by atomic mass is 15.0. The summed E-state index contributed by atoms with van der Waals surface area (Å²) < 4.78 is 4.80. The first-order chi connectivity index (χ1) is 29.0. The first kappa shape index (κ1) is 38.7. The topological polar surface area (TPSA) is 9.86 Å². The molecule has 2 nitrogen and oxygen atoms in total. The highest BCUT2D eigenvalue weighted by Crippen LogP contribution is 2.38. The van der Waals surface area contributed by atoms with Crippen LogP contribution >= 0.6 is 0 Å². The number of allylic oxidation sites excluding steroid dienone is 10. The van der Waals surface area contributed by atoms with Gasteiger partial charge >= 0.3 is 0 Å². The molecule has 0 bridgehead atoms. The van der Waals surface area contributed by atoms with E-state index >= 15 is 0 Å². The molecule has 0 aliphatic carbocycles. The van der Waals surface area contributed by atoms with Crippen molar-refractivity contribution in [1.29, 1.82) is 0 Å². The highest BCUT2D eigenvalue weighted by molar-refractivity contribution is 6.12. The van der Waals surface area contributed by atoms with E-state index < -0.39 is 0 Å². The minimum absolute atomic E-state index is 0.795. The summed E-state index contributed by atoms with van der Waals surface area (Å²) >= 11 is 0. The zero-order chi connectivity index (χ0) is 40.7. The van der Waals surface area contributed by atoms with Gasteiger partial charge in [0.05, 0.1) is 22.2 Å². The van der Waals surface area contributed by atoms with E-state index in [0.717, 1.165) is 52.1 Å². The lowest BCUT2D eigenvalue weighted by Crippen LogP contribution is -1.98. The van der Waals surface area contributed by atoms with Gasteiger partial charge in [0.1, 0.15) is 0 Å². The number of fused-ring (bicyclic) bond motifs is 4. The predicted molar refractivity (Wildman–Crippen MR) is 258 cm³/mol. The standard InChI is InChI=1S/C57H50N2/c1-6-21-43(8-3)44(9-4)38-49(34-31-42-23-13-10-14-24-42)59-55-30-20-19-29-50(55)52-39-46(32-35-56(52)59)41(5)37-51-53-40-47(45-25-15-11-16-26-45)33-36-57(53)58(54(51)22-7-2)48-27-17-12-18-28-48/h7-30,32-40H,3-4,6,31H2,1-2,5H3/b22-7-,41-37+,43-21+,44-38+,49-34+. The lowest BCUT2D eigenvalue weighted by molar-refractivity contribution is 1.10. The maximum atomic E-state index is 4.22. The van der Waals surface area contributed by atoms with Crippen molar-refractivity contribution in [2.75, 3.05) is 0 Å². The normalized spacial score (nSPS) is 12.9. The fraction of sp³-hybridized carbons (Fsp3) is 0.0877. The number of nitrogens with zero attached hydrogens (tertiary/aromatic N) is 2. The molecule has 0 saturated carbocycles. The fourth-order valence-corrected chi connectivity index (χ4v) is 8.28. The SMILES string of the molecule is C=CC(=C\CC)/C(C=C)=C/C(=C\Cc1ccccc1)n1c2ccccc2c2cc(/C(C)=C/c3c(/C=C\C)n(-c4ccccc4)c4ccc(-c5ccccc5)cc34)ccc21. The van der Waals surface area contributed by atoms with Crippen LogP contribution in [0.25, 0.3) is 72.9 Å². The van der Waals surface area contributed by atoms with Crippen molar-refractivity contribution >= 4 is 56.1 Å². The summed E-state index contributed by atoms with van der Waals surface area (Å²) in [7, 11) is 0. The lowest BCUT2D eigenvalue weighted by Gasteiger charge is -2.13. The van der Waals surface area contributed by atoms with Crippen LogP contribution in [-0.4, -0.2) is 9.13 Å². The number of hydrogen-bond donors (Lipinski definition) is 0. The number of hydrogen-bond acceptors (Lipinski definition) is 0. The molecule has 8 rings (SSSR count). The Morgan fingerprint density at radius 1 is 0.610 bits per heavy atom. The largest absolute Gasteiger partial charge is 0.310 e. The van der Waals surface area contributed by atoms with Gasteiger partial charge in [-0.25, -0.2) is 0 Å². The molecule has 0 spiro atoms. The second kappa shape index (κ2) is 17.5. The third kappa shape index (κ3) is 7.78. The van der Waals surface area contributed by atoms with E-state index in [4.69, 9.17) is 0 Å². The van der Waals surface area contributed by atoms with E-state index in [1.54, 1.807) is 0 Å². The second-order valence-electron chi connectivity index (χ2n) is 14.9. The molecule has 2 aromatic heterocycles. The van der Waals surface area contributed by atoms with Gasteiger partial charge in [-0.15, -0.1) is 0 Å². The van der Waals surface area contributed by atoms with Crippen LogP contribution in [-0.2, 0) is 6.42 Å². The van der Waals surface area contributed by atoms with Crippen LogP contribution in [0.3, 0.4) is 0 Å². The molecule has 0 atom stereocenters. The van der Waals surface area contributed by atoms with Crippen LogP contribution in [0.15, 0.2) is 212 Å². The summed E-state index contributed by atoms with van der Waals surface area (Å²) in [6.07, 6.45) is 19.2. The van der Waals surface area contributed by atoms with Gasteiger partial charge in [-0.3, -0.25) is 0 Å². The first-order valence-corrected chi connectivity index (χ1v) is 20.6. The highest BCUT2D eigenvalue weighted by Gasteiger charge is 2.19. The molecular weight excluding hydrogens is 713 g/mol. The second-order valence-corrected chi connectivity index (χ2v) is 14.9. The zero-order valence-corrected chi connectivity index (χ0v) is 34.3. The molecule has 2 heterocycles. The summed E-state index contributed by atoms with van der Waals surface area (Å²) in [5.41, 5.74) is 16.3. The van der Waals surface area contributed by atoms with Crippen molar-refractivity contribution in [2.45, 2.75) is 33.6 Å². The predicted octanol–water partition coefficient (Wildman–Crippen LogP) is 15.7. The smallest absolute Gasteiger partial charge is 0.0541 e. The summed E-state index contributed by atoms with van der Waals surface area (Å²) in [5, 5.41) is 3.64. The Kier molecular flexibility index (Phi) is 11.5. The van der Waals surface area contributed by atoms with Gasteiger partial charge in [-0.2, -0.15) is 0 Å². The molecule has 8 aromatic rings.